The third-order valence-electron chi connectivity index (χ3n) is 3.62. The Morgan fingerprint density at radius 1 is 1.18 bits per heavy atom. The number of nitrogens with zero attached hydrogens (tertiary/aromatic N) is 1. The van der Waals surface area contributed by atoms with E-state index >= 15 is 0 Å². The number of aryl methyl sites for hydroxylation is 1. The highest BCUT2D eigenvalue weighted by Gasteiger charge is 2.13. The summed E-state index contributed by atoms with van der Waals surface area (Å²) in [5.41, 5.74) is 2.77. The molecule has 0 saturated carbocycles. The van der Waals surface area contributed by atoms with E-state index in [0.717, 1.165) is 21.9 Å². The highest BCUT2D eigenvalue weighted by Crippen LogP contribution is 2.20. The SMILES string of the molecule is Cc1ccc(CO)cc1NC(=O)c1nccc2ccccc12. The van der Waals surface area contributed by atoms with E-state index in [9.17, 15) is 9.90 Å². The molecule has 0 spiro atoms. The van der Waals surface area contributed by atoms with Crippen molar-refractivity contribution >= 4 is 22.4 Å². The zero-order valence-electron chi connectivity index (χ0n) is 12.2. The predicted octanol–water partition coefficient (Wildman–Crippen LogP) is 3.29. The number of fused-ring (bicyclic) bond motifs is 1. The topological polar surface area (TPSA) is 62.2 Å². The highest BCUT2D eigenvalue weighted by molar-refractivity contribution is 6.11. The number of aliphatic hydroxyl groups is 1. The van der Waals surface area contributed by atoms with E-state index < -0.39 is 0 Å². The van der Waals surface area contributed by atoms with Gasteiger partial charge in [-0.1, -0.05) is 36.4 Å². The molecule has 0 fully saturated rings. The van der Waals surface area contributed by atoms with Crippen LogP contribution in [0, 0.1) is 6.92 Å². The summed E-state index contributed by atoms with van der Waals surface area (Å²) in [5, 5.41) is 13.9. The summed E-state index contributed by atoms with van der Waals surface area (Å²) >= 11 is 0. The summed E-state index contributed by atoms with van der Waals surface area (Å²) in [6, 6.07) is 15.0. The Morgan fingerprint density at radius 3 is 2.82 bits per heavy atom. The maximum absolute atomic E-state index is 12.5. The second-order valence-corrected chi connectivity index (χ2v) is 5.14. The number of pyridine rings is 1. The van der Waals surface area contributed by atoms with Crippen LogP contribution in [0.5, 0.6) is 0 Å². The maximum Gasteiger partial charge on any atom is 0.274 e. The van der Waals surface area contributed by atoms with E-state index in [1.165, 1.54) is 0 Å². The molecule has 0 unspecified atom stereocenters. The van der Waals surface area contributed by atoms with Crippen LogP contribution in [0.3, 0.4) is 0 Å². The van der Waals surface area contributed by atoms with E-state index in [1.54, 1.807) is 12.3 Å². The zero-order valence-corrected chi connectivity index (χ0v) is 12.2. The molecular formula is C18H16N2O2. The Balaban J connectivity index is 1.97. The standard InChI is InChI=1S/C18H16N2O2/c1-12-6-7-13(11-21)10-16(12)20-18(22)17-15-5-3-2-4-14(15)8-9-19-17/h2-10,21H,11H2,1H3,(H,20,22). The minimum atomic E-state index is -0.255. The third-order valence-corrected chi connectivity index (χ3v) is 3.62. The van der Waals surface area contributed by atoms with Crippen molar-refractivity contribution in [1.82, 2.24) is 4.98 Å². The molecule has 0 radical (unpaired) electrons. The lowest BCUT2D eigenvalue weighted by molar-refractivity contribution is 0.102. The lowest BCUT2D eigenvalue weighted by atomic mass is 10.1. The van der Waals surface area contributed by atoms with Crippen LogP contribution in [0.4, 0.5) is 5.69 Å². The summed E-state index contributed by atoms with van der Waals surface area (Å²) in [6.07, 6.45) is 1.63. The molecule has 4 nitrogen and oxygen atoms in total. The van der Waals surface area contributed by atoms with Crippen molar-refractivity contribution in [3.05, 3.63) is 71.5 Å². The quantitative estimate of drug-likeness (QED) is 0.778. The summed E-state index contributed by atoms with van der Waals surface area (Å²) in [7, 11) is 0. The van der Waals surface area contributed by atoms with Crippen molar-refractivity contribution in [1.29, 1.82) is 0 Å². The molecule has 1 amide bonds. The number of aromatic nitrogens is 1. The van der Waals surface area contributed by atoms with Gasteiger partial charge in [0.15, 0.2) is 0 Å². The van der Waals surface area contributed by atoms with E-state index in [1.807, 2.05) is 49.4 Å². The Hall–Kier alpha value is -2.72. The number of benzene rings is 2. The molecule has 4 heteroatoms. The van der Waals surface area contributed by atoms with E-state index in [4.69, 9.17) is 0 Å². The number of nitrogens with one attached hydrogen (secondary N) is 1. The number of hydrogen-bond donors (Lipinski definition) is 2. The third kappa shape index (κ3) is 2.69. The average Bonchev–Trinajstić information content (AvgIpc) is 2.56. The van der Waals surface area contributed by atoms with Gasteiger partial charge in [-0.25, -0.2) is 0 Å². The monoisotopic (exact) mass is 292 g/mol. The molecule has 1 heterocycles. The molecule has 1 aromatic heterocycles. The summed E-state index contributed by atoms with van der Waals surface area (Å²) < 4.78 is 0. The largest absolute Gasteiger partial charge is 0.392 e. The van der Waals surface area contributed by atoms with Crippen LogP contribution in [0.25, 0.3) is 10.8 Å². The molecule has 0 atom stereocenters. The van der Waals surface area contributed by atoms with E-state index in [2.05, 4.69) is 10.3 Å². The molecule has 0 bridgehead atoms. The first-order valence-corrected chi connectivity index (χ1v) is 7.04. The molecule has 2 N–H and O–H groups in total. The van der Waals surface area contributed by atoms with Gasteiger partial charge in [-0.3, -0.25) is 9.78 Å². The number of aliphatic hydroxyl groups excluding tert-OH is 1. The van der Waals surface area contributed by atoms with E-state index in [0.29, 0.717) is 11.4 Å². The van der Waals surface area contributed by atoms with Gasteiger partial charge in [-0.05, 0) is 35.6 Å². The lowest BCUT2D eigenvalue weighted by Crippen LogP contribution is -2.15. The van der Waals surface area contributed by atoms with Crippen LogP contribution >= 0.6 is 0 Å². The lowest BCUT2D eigenvalue weighted by Gasteiger charge is -2.11. The molecule has 3 aromatic rings. The van der Waals surface area contributed by atoms with Gasteiger partial charge < -0.3 is 10.4 Å². The molecule has 110 valence electrons. The zero-order chi connectivity index (χ0) is 15.5. The summed E-state index contributed by atoms with van der Waals surface area (Å²) in [4.78, 5) is 16.8. The van der Waals surface area contributed by atoms with Gasteiger partial charge in [0.05, 0.1) is 6.61 Å². The first kappa shape index (κ1) is 14.2. The Morgan fingerprint density at radius 2 is 2.00 bits per heavy atom. The van der Waals surface area contributed by atoms with Crippen molar-refractivity contribution < 1.29 is 9.90 Å². The molecule has 0 aliphatic carbocycles. The van der Waals surface area contributed by atoms with Crippen molar-refractivity contribution in [3.63, 3.8) is 0 Å². The van der Waals surface area contributed by atoms with Crippen molar-refractivity contribution in [2.24, 2.45) is 0 Å². The normalized spacial score (nSPS) is 10.6. The van der Waals surface area contributed by atoms with E-state index in [-0.39, 0.29) is 12.5 Å². The van der Waals surface area contributed by atoms with Crippen molar-refractivity contribution in [2.75, 3.05) is 5.32 Å². The number of rotatable bonds is 3. The number of amides is 1. The van der Waals surface area contributed by atoms with Crippen LogP contribution in [-0.4, -0.2) is 16.0 Å². The van der Waals surface area contributed by atoms with Crippen molar-refractivity contribution in [3.8, 4) is 0 Å². The Labute approximate surface area is 128 Å². The van der Waals surface area contributed by atoms with Crippen LogP contribution in [0.15, 0.2) is 54.7 Å². The van der Waals surface area contributed by atoms with Gasteiger partial charge >= 0.3 is 0 Å². The van der Waals surface area contributed by atoms with Gasteiger partial charge in [0.1, 0.15) is 5.69 Å². The number of carbonyl (C=O) groups is 1. The molecule has 2 aromatic carbocycles. The van der Waals surface area contributed by atoms with Crippen LogP contribution in [0.1, 0.15) is 21.6 Å². The van der Waals surface area contributed by atoms with Crippen LogP contribution < -0.4 is 5.32 Å². The Bertz CT molecular complexity index is 838. The molecule has 3 rings (SSSR count). The fourth-order valence-corrected chi connectivity index (χ4v) is 2.38. The molecule has 0 aliphatic heterocycles. The minimum Gasteiger partial charge on any atom is -0.392 e. The van der Waals surface area contributed by atoms with Gasteiger partial charge in [-0.2, -0.15) is 0 Å². The van der Waals surface area contributed by atoms with Gasteiger partial charge in [0.25, 0.3) is 5.91 Å². The van der Waals surface area contributed by atoms with Crippen molar-refractivity contribution in [2.45, 2.75) is 13.5 Å². The second-order valence-electron chi connectivity index (χ2n) is 5.14. The molecular weight excluding hydrogens is 276 g/mol. The van der Waals surface area contributed by atoms with Gasteiger partial charge in [0.2, 0.25) is 0 Å². The molecule has 0 aliphatic rings. The number of hydrogen-bond acceptors (Lipinski definition) is 3. The summed E-state index contributed by atoms with van der Waals surface area (Å²) in [5.74, 6) is -0.255. The number of carbonyl (C=O) groups excluding carboxylic acids is 1. The van der Waals surface area contributed by atoms with Crippen LogP contribution in [-0.2, 0) is 6.61 Å². The van der Waals surface area contributed by atoms with Gasteiger partial charge in [-0.15, -0.1) is 0 Å². The minimum absolute atomic E-state index is 0.0599. The second kappa shape index (κ2) is 5.95. The fraction of sp³-hybridized carbons (Fsp3) is 0.111. The number of anilines is 1. The Kier molecular flexibility index (Phi) is 3.85. The molecule has 22 heavy (non-hydrogen) atoms. The smallest absolute Gasteiger partial charge is 0.274 e. The summed E-state index contributed by atoms with van der Waals surface area (Å²) in [6.45, 7) is 1.85. The highest BCUT2D eigenvalue weighted by atomic mass is 16.3. The molecule has 0 saturated heterocycles. The predicted molar refractivity (Wildman–Crippen MR) is 86.8 cm³/mol. The maximum atomic E-state index is 12.5. The average molecular weight is 292 g/mol. The van der Waals surface area contributed by atoms with Gasteiger partial charge in [0, 0.05) is 17.3 Å². The first-order valence-electron chi connectivity index (χ1n) is 7.04. The first-order chi connectivity index (χ1) is 10.7. The van der Waals surface area contributed by atoms with Crippen LogP contribution in [0.2, 0.25) is 0 Å². The fourth-order valence-electron chi connectivity index (χ4n) is 2.38.